The second kappa shape index (κ2) is 6.59. The lowest BCUT2D eigenvalue weighted by Gasteiger charge is -2.15. The van der Waals surface area contributed by atoms with Crippen molar-refractivity contribution in [3.05, 3.63) is 0 Å². The Morgan fingerprint density at radius 2 is 2.15 bits per heavy atom. The molecule has 0 aromatic carbocycles. The van der Waals surface area contributed by atoms with Crippen molar-refractivity contribution in [3.8, 4) is 0 Å². The lowest BCUT2D eigenvalue weighted by Crippen LogP contribution is -2.39. The number of hydrogen-bond acceptors (Lipinski definition) is 3. The van der Waals surface area contributed by atoms with Crippen LogP contribution in [0.25, 0.3) is 0 Å². The zero-order valence-electron chi connectivity index (χ0n) is 7.92. The summed E-state index contributed by atoms with van der Waals surface area (Å²) < 4.78 is 29.7. The van der Waals surface area contributed by atoms with Crippen molar-refractivity contribution >= 4 is 21.6 Å². The molecule has 0 radical (unpaired) electrons. The monoisotopic (exact) mass is 229 g/mol. The third-order valence-corrected chi connectivity index (χ3v) is 3.22. The Kier molecular flexibility index (Phi) is 6.67. The molecule has 0 saturated carbocycles. The molecule has 0 saturated heterocycles. The maximum Gasteiger partial charge on any atom is 0.211 e. The highest BCUT2D eigenvalue weighted by Gasteiger charge is 2.14. The zero-order valence-corrected chi connectivity index (χ0v) is 9.49. The number of ether oxygens (including phenoxy) is 1. The fourth-order valence-corrected chi connectivity index (χ4v) is 1.97. The first-order valence-electron chi connectivity index (χ1n) is 4.10. The van der Waals surface area contributed by atoms with E-state index in [9.17, 15) is 8.42 Å². The van der Waals surface area contributed by atoms with Crippen LogP contribution in [0.5, 0.6) is 0 Å². The SMILES string of the molecule is CCS(=O)(=O)NC(CCCl)COC. The molecule has 1 atom stereocenters. The predicted molar refractivity (Wildman–Crippen MR) is 53.6 cm³/mol. The fraction of sp³-hybridized carbons (Fsp3) is 1.00. The van der Waals surface area contributed by atoms with Crippen LogP contribution in [0.4, 0.5) is 0 Å². The summed E-state index contributed by atoms with van der Waals surface area (Å²) in [4.78, 5) is 0. The van der Waals surface area contributed by atoms with Crippen LogP contribution in [-0.2, 0) is 14.8 Å². The van der Waals surface area contributed by atoms with Crippen LogP contribution < -0.4 is 4.72 Å². The van der Waals surface area contributed by atoms with Crippen molar-refractivity contribution in [2.24, 2.45) is 0 Å². The average molecular weight is 230 g/mol. The van der Waals surface area contributed by atoms with Crippen LogP contribution in [0.3, 0.4) is 0 Å². The number of alkyl halides is 1. The number of rotatable bonds is 7. The van der Waals surface area contributed by atoms with Crippen LogP contribution in [-0.4, -0.2) is 39.8 Å². The van der Waals surface area contributed by atoms with Gasteiger partial charge in [-0.25, -0.2) is 13.1 Å². The Morgan fingerprint density at radius 3 is 2.54 bits per heavy atom. The standard InChI is InChI=1S/C7H16ClNO3S/c1-3-13(10,11)9-7(4-5-8)6-12-2/h7,9H,3-6H2,1-2H3. The second-order valence-corrected chi connectivity index (χ2v) is 5.07. The van der Waals surface area contributed by atoms with Gasteiger partial charge < -0.3 is 4.74 Å². The molecule has 0 aliphatic carbocycles. The summed E-state index contributed by atoms with van der Waals surface area (Å²) >= 11 is 5.51. The van der Waals surface area contributed by atoms with Crippen molar-refractivity contribution in [3.63, 3.8) is 0 Å². The largest absolute Gasteiger partial charge is 0.383 e. The Bertz CT molecular complexity index is 212. The lowest BCUT2D eigenvalue weighted by molar-refractivity contribution is 0.173. The highest BCUT2D eigenvalue weighted by molar-refractivity contribution is 7.89. The van der Waals surface area contributed by atoms with Crippen molar-refractivity contribution in [1.29, 1.82) is 0 Å². The fourth-order valence-electron chi connectivity index (χ4n) is 0.846. The molecule has 0 aliphatic rings. The minimum atomic E-state index is -3.15. The smallest absolute Gasteiger partial charge is 0.211 e. The van der Waals surface area contributed by atoms with E-state index in [4.69, 9.17) is 16.3 Å². The molecule has 6 heteroatoms. The molecule has 0 rings (SSSR count). The Morgan fingerprint density at radius 1 is 1.54 bits per heavy atom. The van der Waals surface area contributed by atoms with E-state index in [-0.39, 0.29) is 11.8 Å². The number of nitrogens with one attached hydrogen (secondary N) is 1. The molecule has 0 spiro atoms. The van der Waals surface area contributed by atoms with Gasteiger partial charge in [-0.05, 0) is 13.3 Å². The van der Waals surface area contributed by atoms with E-state index in [0.29, 0.717) is 18.9 Å². The summed E-state index contributed by atoms with van der Waals surface area (Å²) in [5, 5.41) is 0. The van der Waals surface area contributed by atoms with E-state index < -0.39 is 10.0 Å². The van der Waals surface area contributed by atoms with Crippen LogP contribution in [0.2, 0.25) is 0 Å². The van der Waals surface area contributed by atoms with E-state index in [1.54, 1.807) is 6.92 Å². The van der Waals surface area contributed by atoms with Gasteiger partial charge in [-0.3, -0.25) is 0 Å². The normalized spacial score (nSPS) is 14.4. The van der Waals surface area contributed by atoms with Crippen molar-refractivity contribution in [1.82, 2.24) is 4.72 Å². The van der Waals surface area contributed by atoms with Gasteiger partial charge in [0.1, 0.15) is 0 Å². The molecule has 1 unspecified atom stereocenters. The Balaban J connectivity index is 4.08. The van der Waals surface area contributed by atoms with Crippen molar-refractivity contribution in [2.45, 2.75) is 19.4 Å². The minimum Gasteiger partial charge on any atom is -0.383 e. The molecule has 4 nitrogen and oxygen atoms in total. The third kappa shape index (κ3) is 6.26. The third-order valence-electron chi connectivity index (χ3n) is 1.55. The van der Waals surface area contributed by atoms with Gasteiger partial charge in [0, 0.05) is 19.0 Å². The Hall–Kier alpha value is 0.160. The molecule has 80 valence electrons. The molecule has 13 heavy (non-hydrogen) atoms. The van der Waals surface area contributed by atoms with Gasteiger partial charge in [0.2, 0.25) is 10.0 Å². The zero-order chi connectivity index (χ0) is 10.3. The average Bonchev–Trinajstić information content (AvgIpc) is 2.05. The molecular formula is C7H16ClNO3S. The number of hydrogen-bond donors (Lipinski definition) is 1. The highest BCUT2D eigenvalue weighted by Crippen LogP contribution is 1.98. The van der Waals surface area contributed by atoms with Gasteiger partial charge in [0.15, 0.2) is 0 Å². The lowest BCUT2D eigenvalue weighted by atomic mass is 10.3. The second-order valence-electron chi connectivity index (χ2n) is 2.65. The molecule has 0 bridgehead atoms. The molecule has 1 N–H and O–H groups in total. The number of methoxy groups -OCH3 is 1. The van der Waals surface area contributed by atoms with E-state index in [1.807, 2.05) is 0 Å². The minimum absolute atomic E-state index is 0.0789. The summed E-state index contributed by atoms with van der Waals surface area (Å²) in [6.45, 7) is 1.94. The number of halogens is 1. The van der Waals surface area contributed by atoms with Crippen molar-refractivity contribution in [2.75, 3.05) is 25.3 Å². The molecule has 0 fully saturated rings. The van der Waals surface area contributed by atoms with Gasteiger partial charge >= 0.3 is 0 Å². The van der Waals surface area contributed by atoms with Crippen LogP contribution >= 0.6 is 11.6 Å². The van der Waals surface area contributed by atoms with E-state index in [1.165, 1.54) is 7.11 Å². The summed E-state index contributed by atoms with van der Waals surface area (Å²) in [5.41, 5.74) is 0. The first-order valence-corrected chi connectivity index (χ1v) is 6.29. The van der Waals surface area contributed by atoms with Crippen LogP contribution in [0, 0.1) is 0 Å². The quantitative estimate of drug-likeness (QED) is 0.650. The van der Waals surface area contributed by atoms with E-state index in [0.717, 1.165) is 0 Å². The predicted octanol–water partition coefficient (Wildman–Crippen LogP) is 0.570. The first-order chi connectivity index (χ1) is 6.05. The summed E-state index contributed by atoms with van der Waals surface area (Å²) in [5.74, 6) is 0.496. The summed E-state index contributed by atoms with van der Waals surface area (Å²) in [6, 6.07) is -0.215. The molecule has 0 aliphatic heterocycles. The van der Waals surface area contributed by atoms with Gasteiger partial charge in [-0.1, -0.05) is 0 Å². The van der Waals surface area contributed by atoms with Gasteiger partial charge in [-0.15, -0.1) is 11.6 Å². The summed E-state index contributed by atoms with van der Waals surface area (Å²) in [7, 11) is -1.62. The maximum absolute atomic E-state index is 11.1. The molecule has 0 aromatic heterocycles. The first kappa shape index (κ1) is 13.2. The topological polar surface area (TPSA) is 55.4 Å². The van der Waals surface area contributed by atoms with Crippen molar-refractivity contribution < 1.29 is 13.2 Å². The molecule has 0 amide bonds. The van der Waals surface area contributed by atoms with Gasteiger partial charge in [0.05, 0.1) is 12.4 Å². The van der Waals surface area contributed by atoms with Crippen LogP contribution in [0.15, 0.2) is 0 Å². The molecule has 0 aromatic rings. The highest BCUT2D eigenvalue weighted by atomic mass is 35.5. The maximum atomic E-state index is 11.1. The van der Waals surface area contributed by atoms with Gasteiger partial charge in [-0.2, -0.15) is 0 Å². The summed E-state index contributed by atoms with van der Waals surface area (Å²) in [6.07, 6.45) is 0.578. The van der Waals surface area contributed by atoms with E-state index >= 15 is 0 Å². The number of sulfonamides is 1. The van der Waals surface area contributed by atoms with Crippen LogP contribution in [0.1, 0.15) is 13.3 Å². The Labute approximate surface area is 84.7 Å². The molecular weight excluding hydrogens is 214 g/mol. The molecule has 0 heterocycles. The van der Waals surface area contributed by atoms with E-state index in [2.05, 4.69) is 4.72 Å². The van der Waals surface area contributed by atoms with Gasteiger partial charge in [0.25, 0.3) is 0 Å².